The number of ether oxygens (including phenoxy) is 1. The lowest BCUT2D eigenvalue weighted by atomic mass is 10.1. The number of rotatable bonds is 6. The molecule has 2 aromatic rings. The van der Waals surface area contributed by atoms with Crippen molar-refractivity contribution in [2.24, 2.45) is 0 Å². The number of nitrogens with one attached hydrogen (secondary N) is 1. The third-order valence-electron chi connectivity index (χ3n) is 3.79. The maximum absolute atomic E-state index is 5.56. The van der Waals surface area contributed by atoms with E-state index in [1.807, 2.05) is 25.1 Å². The van der Waals surface area contributed by atoms with E-state index in [1.54, 1.807) is 0 Å². The minimum Gasteiger partial charge on any atom is -0.494 e. The van der Waals surface area contributed by atoms with Gasteiger partial charge in [-0.15, -0.1) is 0 Å². The molecule has 1 fully saturated rings. The largest absolute Gasteiger partial charge is 0.494 e. The summed E-state index contributed by atoms with van der Waals surface area (Å²) in [5, 5.41) is 3.54. The van der Waals surface area contributed by atoms with Gasteiger partial charge in [0.1, 0.15) is 5.75 Å². The van der Waals surface area contributed by atoms with Crippen LogP contribution in [0.25, 0.3) is 11.3 Å². The average Bonchev–Trinajstić information content (AvgIpc) is 3.31. The summed E-state index contributed by atoms with van der Waals surface area (Å²) >= 11 is 0. The summed E-state index contributed by atoms with van der Waals surface area (Å²) in [7, 11) is 0. The van der Waals surface area contributed by atoms with Crippen molar-refractivity contribution in [2.75, 3.05) is 6.61 Å². The molecule has 3 heteroatoms. The highest BCUT2D eigenvalue weighted by molar-refractivity contribution is 5.61. The fourth-order valence-electron chi connectivity index (χ4n) is 2.39. The van der Waals surface area contributed by atoms with Crippen molar-refractivity contribution in [1.29, 1.82) is 0 Å². The van der Waals surface area contributed by atoms with Crippen molar-refractivity contribution < 1.29 is 4.74 Å². The number of hydrogen-bond acceptors (Lipinski definition) is 3. The van der Waals surface area contributed by atoms with Crippen molar-refractivity contribution in [2.45, 2.75) is 39.3 Å². The van der Waals surface area contributed by atoms with Crippen LogP contribution in [0.3, 0.4) is 0 Å². The first kappa shape index (κ1) is 14.1. The maximum Gasteiger partial charge on any atom is 0.119 e. The second-order valence-electron chi connectivity index (χ2n) is 5.56. The van der Waals surface area contributed by atoms with E-state index in [1.165, 1.54) is 18.4 Å². The Morgan fingerprint density at radius 2 is 2.10 bits per heavy atom. The van der Waals surface area contributed by atoms with E-state index < -0.39 is 0 Å². The minimum absolute atomic E-state index is 0.682. The van der Waals surface area contributed by atoms with Gasteiger partial charge >= 0.3 is 0 Å². The number of benzene rings is 1. The van der Waals surface area contributed by atoms with Gasteiger partial charge in [-0.25, -0.2) is 0 Å². The monoisotopic (exact) mass is 282 g/mol. The molecule has 0 radical (unpaired) electrons. The van der Waals surface area contributed by atoms with Crippen LogP contribution in [-0.4, -0.2) is 17.6 Å². The third-order valence-corrected chi connectivity index (χ3v) is 3.79. The Labute approximate surface area is 126 Å². The van der Waals surface area contributed by atoms with Crippen molar-refractivity contribution >= 4 is 0 Å². The van der Waals surface area contributed by atoms with E-state index in [9.17, 15) is 0 Å². The molecule has 1 aromatic heterocycles. The molecule has 1 heterocycles. The van der Waals surface area contributed by atoms with Gasteiger partial charge < -0.3 is 10.1 Å². The highest BCUT2D eigenvalue weighted by Crippen LogP contribution is 2.24. The molecule has 110 valence electrons. The molecule has 3 nitrogen and oxygen atoms in total. The van der Waals surface area contributed by atoms with Gasteiger partial charge in [0.2, 0.25) is 0 Å². The fourth-order valence-corrected chi connectivity index (χ4v) is 2.39. The highest BCUT2D eigenvalue weighted by atomic mass is 16.5. The molecule has 1 aliphatic carbocycles. The lowest BCUT2D eigenvalue weighted by molar-refractivity contribution is 0.340. The highest BCUT2D eigenvalue weighted by Gasteiger charge is 2.20. The van der Waals surface area contributed by atoms with Gasteiger partial charge in [0, 0.05) is 23.8 Å². The molecule has 0 aliphatic heterocycles. The van der Waals surface area contributed by atoms with Crippen LogP contribution in [0.4, 0.5) is 0 Å². The molecule has 0 amide bonds. The van der Waals surface area contributed by atoms with Crippen LogP contribution in [0.15, 0.2) is 36.4 Å². The molecular weight excluding hydrogens is 260 g/mol. The normalized spacial score (nSPS) is 14.2. The first-order valence-corrected chi connectivity index (χ1v) is 7.69. The lowest BCUT2D eigenvalue weighted by Crippen LogP contribution is -2.16. The molecule has 21 heavy (non-hydrogen) atoms. The van der Waals surface area contributed by atoms with Gasteiger partial charge in [0.05, 0.1) is 12.3 Å². The lowest BCUT2D eigenvalue weighted by Gasteiger charge is -2.10. The minimum atomic E-state index is 0.682. The molecule has 0 unspecified atom stereocenters. The predicted octanol–water partition coefficient (Wildman–Crippen LogP) is 3.71. The van der Waals surface area contributed by atoms with Crippen molar-refractivity contribution in [1.82, 2.24) is 10.3 Å². The molecule has 1 N–H and O–H groups in total. The van der Waals surface area contributed by atoms with Gasteiger partial charge in [0.15, 0.2) is 0 Å². The fraction of sp³-hybridized carbons (Fsp3) is 0.389. The Balaban J connectivity index is 1.78. The second-order valence-corrected chi connectivity index (χ2v) is 5.56. The number of hydrogen-bond donors (Lipinski definition) is 1. The van der Waals surface area contributed by atoms with E-state index in [4.69, 9.17) is 9.72 Å². The zero-order chi connectivity index (χ0) is 14.7. The molecule has 1 aromatic carbocycles. The van der Waals surface area contributed by atoms with Crippen LogP contribution >= 0.6 is 0 Å². The van der Waals surface area contributed by atoms with E-state index in [0.29, 0.717) is 6.61 Å². The van der Waals surface area contributed by atoms with E-state index in [0.717, 1.165) is 35.3 Å². The van der Waals surface area contributed by atoms with Crippen molar-refractivity contribution in [3.63, 3.8) is 0 Å². The third kappa shape index (κ3) is 3.61. The smallest absolute Gasteiger partial charge is 0.119 e. The number of aryl methyl sites for hydroxylation is 1. The topological polar surface area (TPSA) is 34.1 Å². The zero-order valence-electron chi connectivity index (χ0n) is 12.7. The SMILES string of the molecule is CCOc1cccc(-c2ccc(CNC3CC3)c(C)n2)c1. The van der Waals surface area contributed by atoms with E-state index in [2.05, 4.69) is 30.4 Å². The van der Waals surface area contributed by atoms with Gasteiger partial charge in [-0.05, 0) is 50.5 Å². The summed E-state index contributed by atoms with van der Waals surface area (Å²) in [5.74, 6) is 0.897. The molecule has 0 saturated heterocycles. The van der Waals surface area contributed by atoms with Crippen LogP contribution in [0, 0.1) is 6.92 Å². The molecule has 0 atom stereocenters. The van der Waals surface area contributed by atoms with Gasteiger partial charge in [-0.1, -0.05) is 18.2 Å². The van der Waals surface area contributed by atoms with Crippen molar-refractivity contribution in [3.8, 4) is 17.0 Å². The Morgan fingerprint density at radius 1 is 1.24 bits per heavy atom. The Hall–Kier alpha value is -1.87. The Morgan fingerprint density at radius 3 is 2.81 bits per heavy atom. The molecule has 0 bridgehead atoms. The molecule has 3 rings (SSSR count). The summed E-state index contributed by atoms with van der Waals surface area (Å²) < 4.78 is 5.56. The molecular formula is C18H22N2O. The van der Waals surface area contributed by atoms with E-state index in [-0.39, 0.29) is 0 Å². The molecule has 1 aliphatic rings. The summed E-state index contributed by atoms with van der Waals surface area (Å²) in [6.45, 7) is 5.68. The van der Waals surface area contributed by atoms with Crippen LogP contribution in [0.5, 0.6) is 5.75 Å². The van der Waals surface area contributed by atoms with Crippen molar-refractivity contribution in [3.05, 3.63) is 47.7 Å². The van der Waals surface area contributed by atoms with Gasteiger partial charge in [-0.3, -0.25) is 4.98 Å². The molecule has 1 saturated carbocycles. The summed E-state index contributed by atoms with van der Waals surface area (Å²) in [6.07, 6.45) is 2.63. The number of aromatic nitrogens is 1. The molecule has 0 spiro atoms. The Kier molecular flexibility index (Phi) is 4.20. The van der Waals surface area contributed by atoms with Gasteiger partial charge in [0.25, 0.3) is 0 Å². The first-order valence-electron chi connectivity index (χ1n) is 7.69. The summed E-state index contributed by atoms with van der Waals surface area (Å²) in [4.78, 5) is 4.75. The number of pyridine rings is 1. The van der Waals surface area contributed by atoms with Crippen LogP contribution < -0.4 is 10.1 Å². The van der Waals surface area contributed by atoms with Gasteiger partial charge in [-0.2, -0.15) is 0 Å². The van der Waals surface area contributed by atoms with Crippen LogP contribution in [0.1, 0.15) is 31.0 Å². The first-order chi connectivity index (χ1) is 10.3. The second kappa shape index (κ2) is 6.27. The van der Waals surface area contributed by atoms with Crippen LogP contribution in [-0.2, 0) is 6.54 Å². The summed E-state index contributed by atoms with van der Waals surface area (Å²) in [6, 6.07) is 13.1. The number of nitrogens with zero attached hydrogens (tertiary/aromatic N) is 1. The standard InChI is InChI=1S/C18H22N2O/c1-3-21-17-6-4-5-14(11-17)18-10-7-15(13(2)20-18)12-19-16-8-9-16/h4-7,10-11,16,19H,3,8-9,12H2,1-2H3. The predicted molar refractivity (Wildman–Crippen MR) is 85.4 cm³/mol. The van der Waals surface area contributed by atoms with Crippen LogP contribution in [0.2, 0.25) is 0 Å². The maximum atomic E-state index is 5.56. The average molecular weight is 282 g/mol. The Bertz CT molecular complexity index is 620. The zero-order valence-corrected chi connectivity index (χ0v) is 12.7. The quantitative estimate of drug-likeness (QED) is 0.877. The summed E-state index contributed by atoms with van der Waals surface area (Å²) in [5.41, 5.74) is 4.49. The van der Waals surface area contributed by atoms with E-state index >= 15 is 0 Å².